The zero-order chi connectivity index (χ0) is 23.1. The molecule has 1 rings (SSSR count). The van der Waals surface area contributed by atoms with Crippen molar-refractivity contribution < 1.29 is 0 Å². The predicted molar refractivity (Wildman–Crippen MR) is 133 cm³/mol. The Balaban J connectivity index is 0. The summed E-state index contributed by atoms with van der Waals surface area (Å²) < 4.78 is 0. The molecule has 0 aromatic heterocycles. The number of rotatable bonds is 5. The third-order valence-electron chi connectivity index (χ3n) is 6.42. The highest BCUT2D eigenvalue weighted by atomic mass is 14.4. The van der Waals surface area contributed by atoms with Gasteiger partial charge >= 0.3 is 0 Å². The second kappa shape index (κ2) is 11.4. The first-order chi connectivity index (χ1) is 12.8. The van der Waals surface area contributed by atoms with Crippen molar-refractivity contribution >= 4 is 0 Å². The van der Waals surface area contributed by atoms with E-state index in [9.17, 15) is 0 Å². The summed E-state index contributed by atoms with van der Waals surface area (Å²) in [5.74, 6) is 0. The van der Waals surface area contributed by atoms with Gasteiger partial charge in [0.05, 0.1) is 0 Å². The van der Waals surface area contributed by atoms with Crippen LogP contribution in [0.1, 0.15) is 143 Å². The van der Waals surface area contributed by atoms with Gasteiger partial charge in [0.25, 0.3) is 0 Å². The minimum Gasteiger partial charge on any atom is -0.0683 e. The Morgan fingerprint density at radius 3 is 1.18 bits per heavy atom. The number of hydrogen-bond acceptors (Lipinski definition) is 0. The highest BCUT2D eigenvalue weighted by Gasteiger charge is 2.37. The van der Waals surface area contributed by atoms with Crippen molar-refractivity contribution in [2.75, 3.05) is 0 Å². The zero-order valence-corrected chi connectivity index (χ0v) is 22.6. The van der Waals surface area contributed by atoms with Crippen LogP contribution in [0.5, 0.6) is 0 Å². The van der Waals surface area contributed by atoms with E-state index < -0.39 is 0 Å². The molecule has 1 aromatic rings. The van der Waals surface area contributed by atoms with Gasteiger partial charge in [0.15, 0.2) is 0 Å². The standard InChI is InChI=1S/C24H42.2C2H6/c1-13-18-16(4)17(5)19(23(9,10)14-2)21(24(11,12)15-3)20(18)22(6,7)8;2*1-2/h13-15H2,1-12H3;2*1-2H3. The summed E-state index contributed by atoms with van der Waals surface area (Å²) in [6, 6.07) is 0. The molecule has 0 heteroatoms. The van der Waals surface area contributed by atoms with Crippen LogP contribution in [-0.2, 0) is 22.7 Å². The summed E-state index contributed by atoms with van der Waals surface area (Å²) in [6.45, 7) is 36.7. The van der Waals surface area contributed by atoms with Crippen molar-refractivity contribution in [2.45, 2.75) is 146 Å². The van der Waals surface area contributed by atoms with Crippen molar-refractivity contribution in [1.29, 1.82) is 0 Å². The van der Waals surface area contributed by atoms with Crippen LogP contribution in [0.15, 0.2) is 0 Å². The summed E-state index contributed by atoms with van der Waals surface area (Å²) in [7, 11) is 0. The van der Waals surface area contributed by atoms with E-state index in [1.54, 1.807) is 22.3 Å². The summed E-state index contributed by atoms with van der Waals surface area (Å²) >= 11 is 0. The van der Waals surface area contributed by atoms with Crippen molar-refractivity contribution in [3.8, 4) is 0 Å². The van der Waals surface area contributed by atoms with Crippen molar-refractivity contribution in [1.82, 2.24) is 0 Å². The lowest BCUT2D eigenvalue weighted by atomic mass is 9.62. The molecular formula is C28H54. The normalized spacial score (nSPS) is 12.0. The summed E-state index contributed by atoms with van der Waals surface area (Å²) in [5.41, 5.74) is 10.1. The molecule has 0 aliphatic rings. The van der Waals surface area contributed by atoms with E-state index in [0.717, 1.165) is 6.42 Å². The van der Waals surface area contributed by atoms with Crippen LogP contribution >= 0.6 is 0 Å². The van der Waals surface area contributed by atoms with E-state index >= 15 is 0 Å². The fraction of sp³-hybridized carbons (Fsp3) is 0.786. The molecule has 0 fully saturated rings. The van der Waals surface area contributed by atoms with E-state index in [2.05, 4.69) is 83.1 Å². The Labute approximate surface area is 179 Å². The maximum Gasteiger partial charge on any atom is -0.0100 e. The van der Waals surface area contributed by atoms with Gasteiger partial charge in [-0.05, 0) is 82.7 Å². The van der Waals surface area contributed by atoms with Gasteiger partial charge < -0.3 is 0 Å². The maximum absolute atomic E-state index is 2.45. The average Bonchev–Trinajstić information content (AvgIpc) is 2.65. The second-order valence-corrected chi connectivity index (χ2v) is 9.93. The summed E-state index contributed by atoms with van der Waals surface area (Å²) in [5, 5.41) is 0. The van der Waals surface area contributed by atoms with E-state index in [1.165, 1.54) is 24.0 Å². The van der Waals surface area contributed by atoms with Gasteiger partial charge in [-0.2, -0.15) is 0 Å². The Bertz CT molecular complexity index is 592. The SMILES string of the molecule is CC.CC.CCc1c(C)c(C)c(C(C)(C)CC)c(C(C)(C)CC)c1C(C)(C)C. The smallest absolute Gasteiger partial charge is 0.0100 e. The fourth-order valence-corrected chi connectivity index (χ4v) is 4.21. The fourth-order valence-electron chi connectivity index (χ4n) is 4.21. The Morgan fingerprint density at radius 1 is 0.536 bits per heavy atom. The molecule has 0 nitrogen and oxygen atoms in total. The minimum atomic E-state index is 0.171. The van der Waals surface area contributed by atoms with Crippen LogP contribution < -0.4 is 0 Å². The molecule has 0 N–H and O–H groups in total. The molecule has 0 bridgehead atoms. The lowest BCUT2D eigenvalue weighted by molar-refractivity contribution is 0.435. The van der Waals surface area contributed by atoms with E-state index in [4.69, 9.17) is 0 Å². The molecule has 0 atom stereocenters. The summed E-state index contributed by atoms with van der Waals surface area (Å²) in [4.78, 5) is 0. The van der Waals surface area contributed by atoms with Gasteiger partial charge in [0.2, 0.25) is 0 Å². The minimum absolute atomic E-state index is 0.171. The first-order valence-electron chi connectivity index (χ1n) is 11.9. The molecule has 1 aromatic carbocycles. The molecule has 0 aliphatic heterocycles. The molecule has 0 radical (unpaired) electrons. The third kappa shape index (κ3) is 6.11. The monoisotopic (exact) mass is 390 g/mol. The van der Waals surface area contributed by atoms with Gasteiger partial charge in [-0.3, -0.25) is 0 Å². The Hall–Kier alpha value is -0.780. The van der Waals surface area contributed by atoms with Crippen LogP contribution in [0.3, 0.4) is 0 Å². The number of hydrogen-bond donors (Lipinski definition) is 0. The van der Waals surface area contributed by atoms with Gasteiger partial charge in [0, 0.05) is 0 Å². The lowest BCUT2D eigenvalue weighted by Crippen LogP contribution is -2.33. The van der Waals surface area contributed by atoms with E-state index in [-0.39, 0.29) is 16.2 Å². The molecule has 0 aliphatic carbocycles. The highest BCUT2D eigenvalue weighted by molar-refractivity contribution is 5.58. The van der Waals surface area contributed by atoms with Crippen molar-refractivity contribution in [3.05, 3.63) is 33.4 Å². The molecule has 0 amide bonds. The van der Waals surface area contributed by atoms with E-state index in [0.29, 0.717) is 0 Å². The Kier molecular flexibility index (Phi) is 12.0. The van der Waals surface area contributed by atoms with Crippen LogP contribution in [0.25, 0.3) is 0 Å². The quantitative estimate of drug-likeness (QED) is 0.469. The van der Waals surface area contributed by atoms with Crippen LogP contribution in [-0.4, -0.2) is 0 Å². The average molecular weight is 391 g/mol. The van der Waals surface area contributed by atoms with Crippen LogP contribution in [0, 0.1) is 13.8 Å². The third-order valence-corrected chi connectivity index (χ3v) is 6.42. The predicted octanol–water partition coefficient (Wildman–Crippen LogP) is 9.59. The van der Waals surface area contributed by atoms with Gasteiger partial charge in [-0.1, -0.05) is 96.9 Å². The molecular weight excluding hydrogens is 336 g/mol. The molecule has 0 spiro atoms. The van der Waals surface area contributed by atoms with Crippen molar-refractivity contribution in [3.63, 3.8) is 0 Å². The molecule has 0 saturated carbocycles. The molecule has 28 heavy (non-hydrogen) atoms. The molecule has 0 unspecified atom stereocenters. The highest BCUT2D eigenvalue weighted by Crippen LogP contribution is 2.47. The first kappa shape index (κ1) is 29.4. The second-order valence-electron chi connectivity index (χ2n) is 9.93. The van der Waals surface area contributed by atoms with Gasteiger partial charge in [-0.25, -0.2) is 0 Å². The Morgan fingerprint density at radius 2 is 0.893 bits per heavy atom. The van der Waals surface area contributed by atoms with Gasteiger partial charge in [-0.15, -0.1) is 0 Å². The van der Waals surface area contributed by atoms with E-state index in [1.807, 2.05) is 27.7 Å². The number of benzene rings is 1. The molecule has 0 saturated heterocycles. The summed E-state index contributed by atoms with van der Waals surface area (Å²) in [6.07, 6.45) is 3.47. The van der Waals surface area contributed by atoms with Crippen LogP contribution in [0.4, 0.5) is 0 Å². The zero-order valence-electron chi connectivity index (χ0n) is 22.6. The van der Waals surface area contributed by atoms with Gasteiger partial charge in [0.1, 0.15) is 0 Å². The molecule has 166 valence electrons. The van der Waals surface area contributed by atoms with Crippen LogP contribution in [0.2, 0.25) is 0 Å². The largest absolute Gasteiger partial charge is 0.0683 e. The van der Waals surface area contributed by atoms with Crippen molar-refractivity contribution in [2.24, 2.45) is 0 Å². The lowest BCUT2D eigenvalue weighted by Gasteiger charge is -2.42. The first-order valence-corrected chi connectivity index (χ1v) is 11.9. The topological polar surface area (TPSA) is 0 Å². The molecule has 0 heterocycles. The maximum atomic E-state index is 2.45.